The van der Waals surface area contributed by atoms with Crippen LogP contribution in [0.2, 0.25) is 5.15 Å². The molecule has 1 aromatic carbocycles. The number of hydrogen-bond acceptors (Lipinski definition) is 5. The number of nitrogens with one attached hydrogen (secondary N) is 1. The second-order valence-corrected chi connectivity index (χ2v) is 8.72. The fourth-order valence-corrected chi connectivity index (χ4v) is 4.97. The molecule has 0 unspecified atom stereocenters. The SMILES string of the molecule is Cc1cc(N2CCSCC2)ccc1NC(=O)/C=C/c1c(Cl)nc2sccn12. The Hall–Kier alpha value is -1.96. The highest BCUT2D eigenvalue weighted by atomic mass is 35.5. The summed E-state index contributed by atoms with van der Waals surface area (Å²) < 4.78 is 1.87. The summed E-state index contributed by atoms with van der Waals surface area (Å²) in [5, 5.41) is 5.27. The molecule has 27 heavy (non-hydrogen) atoms. The van der Waals surface area contributed by atoms with Gasteiger partial charge in [0, 0.05) is 53.6 Å². The third kappa shape index (κ3) is 4.00. The van der Waals surface area contributed by atoms with Gasteiger partial charge in [0.1, 0.15) is 0 Å². The quantitative estimate of drug-likeness (QED) is 0.631. The van der Waals surface area contributed by atoms with Gasteiger partial charge in [-0.2, -0.15) is 11.8 Å². The number of benzene rings is 1. The average molecular weight is 419 g/mol. The summed E-state index contributed by atoms with van der Waals surface area (Å²) in [6, 6.07) is 6.18. The highest BCUT2D eigenvalue weighted by Gasteiger charge is 2.13. The van der Waals surface area contributed by atoms with E-state index in [-0.39, 0.29) is 5.91 Å². The zero-order chi connectivity index (χ0) is 18.8. The number of rotatable bonds is 4. The van der Waals surface area contributed by atoms with E-state index in [4.69, 9.17) is 11.6 Å². The first-order chi connectivity index (χ1) is 13.1. The molecule has 1 fully saturated rings. The maximum Gasteiger partial charge on any atom is 0.248 e. The number of amides is 1. The van der Waals surface area contributed by atoms with Crippen molar-refractivity contribution >= 4 is 63.0 Å². The maximum absolute atomic E-state index is 12.4. The van der Waals surface area contributed by atoms with Crippen molar-refractivity contribution in [1.29, 1.82) is 0 Å². The van der Waals surface area contributed by atoms with E-state index >= 15 is 0 Å². The predicted octanol–water partition coefficient (Wildman–Crippen LogP) is 4.56. The van der Waals surface area contributed by atoms with Crippen molar-refractivity contribution in [2.24, 2.45) is 0 Å². The third-order valence-corrected chi connectivity index (χ3v) is 6.47. The molecule has 5 nitrogen and oxygen atoms in total. The van der Waals surface area contributed by atoms with Gasteiger partial charge in [0.25, 0.3) is 0 Å². The lowest BCUT2D eigenvalue weighted by Gasteiger charge is -2.29. The number of halogens is 1. The largest absolute Gasteiger partial charge is 0.370 e. The summed E-state index contributed by atoms with van der Waals surface area (Å²) >= 11 is 9.65. The van der Waals surface area contributed by atoms with Gasteiger partial charge >= 0.3 is 0 Å². The molecule has 0 aliphatic carbocycles. The average Bonchev–Trinajstić information content (AvgIpc) is 3.23. The van der Waals surface area contributed by atoms with Gasteiger partial charge in [-0.3, -0.25) is 9.20 Å². The Labute approximate surface area is 171 Å². The minimum atomic E-state index is -0.193. The highest BCUT2D eigenvalue weighted by molar-refractivity contribution is 7.99. The number of anilines is 2. The molecular weight excluding hydrogens is 400 g/mol. The van der Waals surface area contributed by atoms with Crippen LogP contribution in [0.25, 0.3) is 11.0 Å². The van der Waals surface area contributed by atoms with Crippen LogP contribution in [-0.2, 0) is 4.79 Å². The Morgan fingerprint density at radius 3 is 2.93 bits per heavy atom. The predicted molar refractivity (Wildman–Crippen MR) is 116 cm³/mol. The molecule has 2 aromatic heterocycles. The van der Waals surface area contributed by atoms with Gasteiger partial charge in [-0.1, -0.05) is 11.6 Å². The van der Waals surface area contributed by atoms with Gasteiger partial charge in [-0.05, 0) is 36.8 Å². The van der Waals surface area contributed by atoms with Crippen LogP contribution in [0, 0.1) is 6.92 Å². The zero-order valence-corrected chi connectivity index (χ0v) is 17.2. The van der Waals surface area contributed by atoms with Crippen molar-refractivity contribution in [1.82, 2.24) is 9.38 Å². The lowest BCUT2D eigenvalue weighted by atomic mass is 10.1. The minimum Gasteiger partial charge on any atom is -0.370 e. The van der Waals surface area contributed by atoms with Crippen molar-refractivity contribution in [2.75, 3.05) is 34.8 Å². The molecule has 1 saturated heterocycles. The lowest BCUT2D eigenvalue weighted by molar-refractivity contribution is -0.111. The van der Waals surface area contributed by atoms with Crippen molar-refractivity contribution in [3.05, 3.63) is 52.3 Å². The molecule has 0 radical (unpaired) electrons. The van der Waals surface area contributed by atoms with Gasteiger partial charge in [0.2, 0.25) is 5.91 Å². The van der Waals surface area contributed by atoms with Crippen LogP contribution in [0.4, 0.5) is 11.4 Å². The lowest BCUT2D eigenvalue weighted by Crippen LogP contribution is -2.32. The third-order valence-electron chi connectivity index (χ3n) is 4.49. The molecule has 3 aromatic rings. The van der Waals surface area contributed by atoms with Crippen LogP contribution >= 0.6 is 34.7 Å². The normalized spacial score (nSPS) is 15.0. The minimum absolute atomic E-state index is 0.193. The fourth-order valence-electron chi connectivity index (χ4n) is 3.06. The van der Waals surface area contributed by atoms with E-state index in [1.54, 1.807) is 6.08 Å². The van der Waals surface area contributed by atoms with Crippen molar-refractivity contribution in [3.8, 4) is 0 Å². The molecule has 3 heterocycles. The summed E-state index contributed by atoms with van der Waals surface area (Å²) in [6.45, 7) is 4.16. The number of imidazole rings is 1. The number of carbonyl (C=O) groups excluding carboxylic acids is 1. The molecule has 0 atom stereocenters. The summed E-state index contributed by atoms with van der Waals surface area (Å²) in [5.74, 6) is 2.13. The topological polar surface area (TPSA) is 49.6 Å². The van der Waals surface area contributed by atoms with Crippen LogP contribution in [-0.4, -0.2) is 39.9 Å². The standard InChI is InChI=1S/C19H19ClN4OS2/c1-13-12-14(23-6-9-26-10-7-23)2-3-15(13)21-17(25)5-4-16-18(20)22-19-24(16)8-11-27-19/h2-5,8,11-12H,6-7,9-10H2,1H3,(H,21,25)/b5-4+. The Bertz CT molecular complexity index is 1000. The second-order valence-electron chi connectivity index (χ2n) is 6.26. The Kier molecular flexibility index (Phi) is 5.43. The number of thioether (sulfide) groups is 1. The number of fused-ring (bicyclic) bond motifs is 1. The van der Waals surface area contributed by atoms with Crippen LogP contribution in [0.15, 0.2) is 35.9 Å². The summed E-state index contributed by atoms with van der Waals surface area (Å²) in [5.41, 5.74) is 3.79. The molecule has 0 bridgehead atoms. The molecule has 1 aliphatic heterocycles. The van der Waals surface area contributed by atoms with E-state index in [0.29, 0.717) is 10.8 Å². The van der Waals surface area contributed by atoms with Crippen LogP contribution < -0.4 is 10.2 Å². The number of hydrogen-bond donors (Lipinski definition) is 1. The number of nitrogens with zero attached hydrogens (tertiary/aromatic N) is 3. The number of aromatic nitrogens is 2. The number of aryl methyl sites for hydroxylation is 1. The van der Waals surface area contributed by atoms with Gasteiger partial charge in [-0.15, -0.1) is 11.3 Å². The van der Waals surface area contributed by atoms with E-state index in [1.165, 1.54) is 23.1 Å². The van der Waals surface area contributed by atoms with Crippen LogP contribution in [0.5, 0.6) is 0 Å². The number of carbonyl (C=O) groups is 1. The summed E-state index contributed by atoms with van der Waals surface area (Å²) in [6.07, 6.45) is 5.07. The Morgan fingerprint density at radius 1 is 1.33 bits per heavy atom. The van der Waals surface area contributed by atoms with Crippen molar-refractivity contribution in [3.63, 3.8) is 0 Å². The van der Waals surface area contributed by atoms with E-state index in [0.717, 1.165) is 40.8 Å². The van der Waals surface area contributed by atoms with Gasteiger partial charge in [-0.25, -0.2) is 4.98 Å². The molecule has 1 N–H and O–H groups in total. The molecule has 1 amide bonds. The fraction of sp³-hybridized carbons (Fsp3) is 0.263. The molecular formula is C19H19ClN4OS2. The molecule has 140 valence electrons. The summed E-state index contributed by atoms with van der Waals surface area (Å²) in [7, 11) is 0. The van der Waals surface area contributed by atoms with Crippen LogP contribution in [0.1, 0.15) is 11.3 Å². The first kappa shape index (κ1) is 18.4. The van der Waals surface area contributed by atoms with Crippen molar-refractivity contribution in [2.45, 2.75) is 6.92 Å². The first-order valence-corrected chi connectivity index (χ1v) is 11.1. The Morgan fingerprint density at radius 2 is 2.15 bits per heavy atom. The van der Waals surface area contributed by atoms with Gasteiger partial charge in [0.05, 0.1) is 5.69 Å². The van der Waals surface area contributed by atoms with E-state index in [9.17, 15) is 4.79 Å². The smallest absolute Gasteiger partial charge is 0.248 e. The molecule has 0 saturated carbocycles. The van der Waals surface area contributed by atoms with E-state index < -0.39 is 0 Å². The maximum atomic E-state index is 12.4. The molecule has 8 heteroatoms. The summed E-state index contributed by atoms with van der Waals surface area (Å²) in [4.78, 5) is 19.8. The zero-order valence-electron chi connectivity index (χ0n) is 14.8. The number of thiazole rings is 1. The molecule has 1 aliphatic rings. The highest BCUT2D eigenvalue weighted by Crippen LogP contribution is 2.25. The molecule has 0 spiro atoms. The Balaban J connectivity index is 1.46. The second kappa shape index (κ2) is 7.96. The first-order valence-electron chi connectivity index (χ1n) is 8.65. The van der Waals surface area contributed by atoms with Gasteiger partial charge in [0.15, 0.2) is 10.1 Å². The molecule has 4 rings (SSSR count). The van der Waals surface area contributed by atoms with Crippen LogP contribution in [0.3, 0.4) is 0 Å². The monoisotopic (exact) mass is 418 g/mol. The van der Waals surface area contributed by atoms with E-state index in [2.05, 4.69) is 27.3 Å². The van der Waals surface area contributed by atoms with Crippen molar-refractivity contribution < 1.29 is 4.79 Å². The van der Waals surface area contributed by atoms with E-state index in [1.807, 2.05) is 40.7 Å². The van der Waals surface area contributed by atoms with Gasteiger partial charge < -0.3 is 10.2 Å².